The Morgan fingerprint density at radius 3 is 2.45 bits per heavy atom. The van der Waals surface area contributed by atoms with Crippen molar-refractivity contribution in [2.75, 3.05) is 0 Å². The summed E-state index contributed by atoms with van der Waals surface area (Å²) in [5, 5.41) is 17.1. The molecule has 0 unspecified atom stereocenters. The molecule has 5 heteroatoms. The van der Waals surface area contributed by atoms with Gasteiger partial charge < -0.3 is 10.0 Å². The largest absolute Gasteiger partial charge is 0.488 e. The molecule has 0 radical (unpaired) electrons. The minimum Gasteiger partial charge on any atom is -0.423 e. The molecule has 1 aliphatic carbocycles. The fourth-order valence-corrected chi connectivity index (χ4v) is 0.800. The molecule has 0 aromatic carbocycles. The lowest BCUT2D eigenvalue weighted by atomic mass is 9.76. The van der Waals surface area contributed by atoms with Crippen molar-refractivity contribution in [2.45, 2.75) is 12.3 Å². The first kappa shape index (κ1) is 8.42. The Balaban J connectivity index is 2.68. The molecule has 0 saturated carbocycles. The van der Waals surface area contributed by atoms with Crippen molar-refractivity contribution >= 4 is 7.12 Å². The molecule has 11 heavy (non-hydrogen) atoms. The molecule has 0 heterocycles. The van der Waals surface area contributed by atoms with E-state index in [1.54, 1.807) is 0 Å². The quantitative estimate of drug-likeness (QED) is 0.549. The van der Waals surface area contributed by atoms with Crippen LogP contribution < -0.4 is 0 Å². The van der Waals surface area contributed by atoms with E-state index in [0.717, 1.165) is 12.2 Å². The molecule has 0 bridgehead atoms. The average molecular weight is 160 g/mol. The van der Waals surface area contributed by atoms with Crippen molar-refractivity contribution in [1.29, 1.82) is 0 Å². The molecular weight excluding hydrogens is 153 g/mol. The van der Waals surface area contributed by atoms with Gasteiger partial charge in [-0.05, 0) is 11.5 Å². The van der Waals surface area contributed by atoms with Crippen LogP contribution in [0.15, 0.2) is 23.7 Å². The van der Waals surface area contributed by atoms with Crippen molar-refractivity contribution in [1.82, 2.24) is 0 Å². The summed E-state index contributed by atoms with van der Waals surface area (Å²) in [6.07, 6.45) is 2.34. The average Bonchev–Trinajstić information content (AvgIpc) is 1.86. The minimum absolute atomic E-state index is 0.121. The van der Waals surface area contributed by atoms with Crippen molar-refractivity contribution in [3.63, 3.8) is 0 Å². The number of allylic oxidation sites excluding steroid dienone is 4. The predicted octanol–water partition coefficient (Wildman–Crippen LogP) is 0.520. The van der Waals surface area contributed by atoms with Crippen molar-refractivity contribution in [2.24, 2.45) is 0 Å². The molecule has 1 rings (SSSR count). The SMILES string of the molecule is OB(O)C1=CCC(F)(F)C=C1. The maximum absolute atomic E-state index is 12.3. The van der Waals surface area contributed by atoms with Gasteiger partial charge in [-0.3, -0.25) is 0 Å². The monoisotopic (exact) mass is 160 g/mol. The van der Waals surface area contributed by atoms with Gasteiger partial charge in [0.05, 0.1) is 0 Å². The van der Waals surface area contributed by atoms with Gasteiger partial charge >= 0.3 is 7.12 Å². The summed E-state index contributed by atoms with van der Waals surface area (Å²) in [5.41, 5.74) is 0.121. The van der Waals surface area contributed by atoms with Gasteiger partial charge in [0.25, 0.3) is 5.92 Å². The number of alkyl halides is 2. The Morgan fingerprint density at radius 1 is 1.45 bits per heavy atom. The van der Waals surface area contributed by atoms with E-state index < -0.39 is 19.5 Å². The van der Waals surface area contributed by atoms with Crippen LogP contribution in [-0.2, 0) is 0 Å². The maximum atomic E-state index is 12.3. The molecule has 0 saturated heterocycles. The molecule has 2 N–H and O–H groups in total. The smallest absolute Gasteiger partial charge is 0.423 e. The predicted molar refractivity (Wildman–Crippen MR) is 37.0 cm³/mol. The van der Waals surface area contributed by atoms with Gasteiger partial charge in [-0.15, -0.1) is 0 Å². The van der Waals surface area contributed by atoms with E-state index in [-0.39, 0.29) is 5.47 Å². The summed E-state index contributed by atoms with van der Waals surface area (Å²) < 4.78 is 24.7. The first-order valence-corrected chi connectivity index (χ1v) is 3.14. The molecule has 0 spiro atoms. The van der Waals surface area contributed by atoms with Gasteiger partial charge in [0.1, 0.15) is 0 Å². The second-order valence-corrected chi connectivity index (χ2v) is 2.38. The van der Waals surface area contributed by atoms with Crippen LogP contribution in [-0.4, -0.2) is 23.1 Å². The lowest BCUT2D eigenvalue weighted by Gasteiger charge is -2.14. The topological polar surface area (TPSA) is 40.5 Å². The molecule has 60 valence electrons. The fraction of sp³-hybridized carbons (Fsp3) is 0.333. The summed E-state index contributed by atoms with van der Waals surface area (Å²) in [5.74, 6) is -2.83. The number of halogens is 2. The maximum Gasteiger partial charge on any atom is 0.488 e. The van der Waals surface area contributed by atoms with E-state index in [1.165, 1.54) is 0 Å². The number of hydrogen-bond donors (Lipinski definition) is 2. The first-order valence-electron chi connectivity index (χ1n) is 3.14. The zero-order chi connectivity index (χ0) is 8.48. The fourth-order valence-electron chi connectivity index (χ4n) is 0.800. The van der Waals surface area contributed by atoms with E-state index in [4.69, 9.17) is 10.0 Å². The Bertz CT molecular complexity index is 211. The molecule has 0 aromatic heterocycles. The summed E-state index contributed by atoms with van der Waals surface area (Å²) in [6.45, 7) is 0. The molecule has 2 nitrogen and oxygen atoms in total. The highest BCUT2D eigenvalue weighted by Gasteiger charge is 2.28. The number of hydrogen-bond acceptors (Lipinski definition) is 2. The normalized spacial score (nSPS) is 21.3. The highest BCUT2D eigenvalue weighted by Crippen LogP contribution is 2.26. The molecule has 0 aromatic rings. The summed E-state index contributed by atoms with van der Waals surface area (Å²) in [6, 6.07) is 0. The summed E-state index contributed by atoms with van der Waals surface area (Å²) in [7, 11) is -1.65. The molecule has 0 aliphatic heterocycles. The highest BCUT2D eigenvalue weighted by molar-refractivity contribution is 6.51. The van der Waals surface area contributed by atoms with Crippen molar-refractivity contribution in [3.8, 4) is 0 Å². The van der Waals surface area contributed by atoms with E-state index in [9.17, 15) is 8.78 Å². The van der Waals surface area contributed by atoms with Crippen LogP contribution in [0.2, 0.25) is 0 Å². The van der Waals surface area contributed by atoms with Crippen LogP contribution in [0.4, 0.5) is 8.78 Å². The zero-order valence-corrected chi connectivity index (χ0v) is 5.67. The van der Waals surface area contributed by atoms with Gasteiger partial charge in [0, 0.05) is 6.42 Å². The minimum atomic E-state index is -2.83. The van der Waals surface area contributed by atoms with E-state index in [1.807, 2.05) is 0 Å². The van der Waals surface area contributed by atoms with Crippen LogP contribution in [0.3, 0.4) is 0 Å². The summed E-state index contributed by atoms with van der Waals surface area (Å²) in [4.78, 5) is 0. The van der Waals surface area contributed by atoms with Crippen LogP contribution in [0.5, 0.6) is 0 Å². The van der Waals surface area contributed by atoms with Crippen LogP contribution in [0.25, 0.3) is 0 Å². The standard InChI is InChI=1S/C6H7BF2O2/c8-6(9)3-1-5(2-4-6)7(10)11/h1-3,10-11H,4H2. The van der Waals surface area contributed by atoms with E-state index in [2.05, 4.69) is 0 Å². The lowest BCUT2D eigenvalue weighted by Crippen LogP contribution is -2.20. The third-order valence-corrected chi connectivity index (χ3v) is 1.43. The van der Waals surface area contributed by atoms with Gasteiger partial charge in [0.15, 0.2) is 0 Å². The second-order valence-electron chi connectivity index (χ2n) is 2.38. The molecular formula is C6H7BF2O2. The van der Waals surface area contributed by atoms with Crippen LogP contribution >= 0.6 is 0 Å². The van der Waals surface area contributed by atoms with Gasteiger partial charge in [-0.2, -0.15) is 0 Å². The van der Waals surface area contributed by atoms with Crippen LogP contribution in [0, 0.1) is 0 Å². The van der Waals surface area contributed by atoms with Crippen molar-refractivity contribution < 1.29 is 18.8 Å². The Labute approximate surface area is 63.0 Å². The zero-order valence-electron chi connectivity index (χ0n) is 5.67. The van der Waals surface area contributed by atoms with Crippen molar-refractivity contribution in [3.05, 3.63) is 23.7 Å². The number of rotatable bonds is 1. The van der Waals surface area contributed by atoms with Crippen LogP contribution in [0.1, 0.15) is 6.42 Å². The van der Waals surface area contributed by atoms with E-state index >= 15 is 0 Å². The third-order valence-electron chi connectivity index (χ3n) is 1.43. The van der Waals surface area contributed by atoms with Gasteiger partial charge in [-0.1, -0.05) is 12.2 Å². The first-order chi connectivity index (χ1) is 5.01. The van der Waals surface area contributed by atoms with Gasteiger partial charge in [-0.25, -0.2) is 8.78 Å². The molecule has 0 fully saturated rings. The molecule has 0 amide bonds. The second kappa shape index (κ2) is 2.75. The molecule has 0 atom stereocenters. The Morgan fingerprint density at radius 2 is 2.09 bits per heavy atom. The van der Waals surface area contributed by atoms with Gasteiger partial charge in [0.2, 0.25) is 0 Å². The third kappa shape index (κ3) is 2.13. The van der Waals surface area contributed by atoms with E-state index in [0.29, 0.717) is 6.08 Å². The molecule has 1 aliphatic rings. The Hall–Kier alpha value is -0.675. The Kier molecular flexibility index (Phi) is 2.11. The highest BCUT2D eigenvalue weighted by atomic mass is 19.3. The summed E-state index contributed by atoms with van der Waals surface area (Å²) >= 11 is 0. The lowest BCUT2D eigenvalue weighted by molar-refractivity contribution is 0.0573.